The number of cyclic esters (lactones) is 1. The first-order chi connectivity index (χ1) is 27.6. The SMILES string of the molecule is CC[C@H]1OC(=O)C(C)(F)C(=O)[C@H](C)[C@@H](O[C@@H]2O[C@H](C)CC(N)C2O)[C@](C)(OC)CC(C)(F)CN[C@H](C)[C@H]2N(CCCCn3cc(-c4cccc(N)c4)nn3)C(=O)O[C@]12C. The number of unbranched alkanes of at least 4 members (excludes halogenated alkanes) is 1. The highest BCUT2D eigenvalue weighted by atomic mass is 19.1. The van der Waals surface area contributed by atoms with Crippen LogP contribution in [0.2, 0.25) is 0 Å². The number of hydrogen-bond donors (Lipinski definition) is 4. The summed E-state index contributed by atoms with van der Waals surface area (Å²) < 4.78 is 65.5. The summed E-state index contributed by atoms with van der Waals surface area (Å²) in [6, 6.07) is 5.08. The number of nitrogen functional groups attached to an aromatic ring is 1. The number of esters is 1. The molecule has 3 fully saturated rings. The number of carbonyl (C=O) groups excluding carboxylic acids is 3. The predicted octanol–water partition coefficient (Wildman–Crippen LogP) is 3.87. The largest absolute Gasteiger partial charge is 0.455 e. The van der Waals surface area contributed by atoms with Crippen molar-refractivity contribution >= 4 is 23.5 Å². The van der Waals surface area contributed by atoms with Crippen molar-refractivity contribution in [1.29, 1.82) is 0 Å². The van der Waals surface area contributed by atoms with Crippen molar-refractivity contribution in [2.24, 2.45) is 11.7 Å². The minimum atomic E-state index is -3.25. The molecule has 330 valence electrons. The summed E-state index contributed by atoms with van der Waals surface area (Å²) in [5.41, 5.74) is 5.67. The standard InChI is InChI=1S/C41H63F2N7O9/c1-10-30-41(8)32(50(37(54)59-41)17-12-11-16-49-20-29(47-48-49)26-14-13-15-27(44)19-26)25(4)46-22-38(5,42)21-39(6,55-9)34(24(3)33(52)40(7,43)36(53)57-30)58-35-31(51)28(45)18-23(2)56-35/h13-15,19-20,23-25,28,30-32,34-35,46,51H,10-12,16-18,21-22,44-45H2,1-9H3/t23-,24+,25-,28?,30-,31?,32-,34-,35+,38?,39-,40?,41-/m1/s1. The summed E-state index contributed by atoms with van der Waals surface area (Å²) in [5, 5.41) is 22.7. The van der Waals surface area contributed by atoms with Crippen molar-refractivity contribution in [2.45, 2.75) is 165 Å². The number of anilines is 1. The van der Waals surface area contributed by atoms with Gasteiger partial charge in [-0.15, -0.1) is 5.10 Å². The molecule has 2 aromatic rings. The molecule has 1 aromatic heterocycles. The molecular formula is C41H63F2N7O9. The molecule has 6 N–H and O–H groups in total. The number of methoxy groups -OCH3 is 1. The lowest BCUT2D eigenvalue weighted by Crippen LogP contribution is -2.62. The number of aliphatic hydroxyl groups excluding tert-OH is 1. The zero-order valence-corrected chi connectivity index (χ0v) is 35.7. The number of aromatic nitrogens is 3. The molecule has 18 heteroatoms. The first-order valence-corrected chi connectivity index (χ1v) is 20.5. The van der Waals surface area contributed by atoms with Crippen LogP contribution in [0.1, 0.15) is 87.5 Å². The van der Waals surface area contributed by atoms with E-state index in [1.165, 1.54) is 32.8 Å². The average Bonchev–Trinajstić information content (AvgIpc) is 3.75. The maximum absolute atomic E-state index is 17.0. The van der Waals surface area contributed by atoms with Gasteiger partial charge in [-0.3, -0.25) is 14.4 Å². The molecule has 3 saturated heterocycles. The number of nitrogens with one attached hydrogen (secondary N) is 1. The topological polar surface area (TPSA) is 216 Å². The molecule has 0 spiro atoms. The van der Waals surface area contributed by atoms with Crippen molar-refractivity contribution in [3.63, 3.8) is 0 Å². The zero-order chi connectivity index (χ0) is 43.7. The van der Waals surface area contributed by atoms with E-state index in [1.807, 2.05) is 24.4 Å². The van der Waals surface area contributed by atoms with Gasteiger partial charge in [0.1, 0.15) is 23.6 Å². The van der Waals surface area contributed by atoms with Gasteiger partial charge < -0.3 is 45.6 Å². The van der Waals surface area contributed by atoms with Crippen LogP contribution in [0.15, 0.2) is 30.5 Å². The summed E-state index contributed by atoms with van der Waals surface area (Å²) in [4.78, 5) is 43.3. The number of alkyl halides is 2. The summed E-state index contributed by atoms with van der Waals surface area (Å²) in [5.74, 6) is -4.19. The second-order valence-corrected chi connectivity index (χ2v) is 17.4. The highest BCUT2D eigenvalue weighted by molar-refractivity contribution is 6.07. The van der Waals surface area contributed by atoms with E-state index < -0.39 is 102 Å². The van der Waals surface area contributed by atoms with Gasteiger partial charge in [-0.05, 0) is 79.4 Å². The summed E-state index contributed by atoms with van der Waals surface area (Å²) in [6.07, 6.45) is -3.58. The van der Waals surface area contributed by atoms with Gasteiger partial charge in [0.2, 0.25) is 0 Å². The van der Waals surface area contributed by atoms with Crippen LogP contribution in [-0.4, -0.2) is 134 Å². The molecule has 0 radical (unpaired) electrons. The number of aryl methyl sites for hydroxylation is 1. The second-order valence-electron chi connectivity index (χ2n) is 17.4. The molecule has 4 unspecified atom stereocenters. The highest BCUT2D eigenvalue weighted by Crippen LogP contribution is 2.42. The van der Waals surface area contributed by atoms with Crippen molar-refractivity contribution in [1.82, 2.24) is 25.2 Å². The lowest BCUT2D eigenvalue weighted by Gasteiger charge is -2.46. The first kappa shape index (κ1) is 46.3. The molecule has 0 bridgehead atoms. The quantitative estimate of drug-likeness (QED) is 0.116. The number of hydrogen-bond acceptors (Lipinski definition) is 14. The Morgan fingerprint density at radius 3 is 2.44 bits per heavy atom. The average molecular weight is 836 g/mol. The molecule has 1 amide bonds. The number of ether oxygens (including phenoxy) is 5. The number of nitrogens with zero attached hydrogens (tertiary/aromatic N) is 4. The third-order valence-corrected chi connectivity index (χ3v) is 12.2. The van der Waals surface area contributed by atoms with E-state index in [2.05, 4.69) is 15.6 Å². The van der Waals surface area contributed by atoms with E-state index in [9.17, 15) is 19.5 Å². The van der Waals surface area contributed by atoms with Crippen molar-refractivity contribution in [3.8, 4) is 11.3 Å². The van der Waals surface area contributed by atoms with Gasteiger partial charge in [0, 0.05) is 62.4 Å². The number of halogens is 2. The number of aliphatic hydroxyl groups is 1. The normalized spacial score (nSPS) is 38.9. The van der Waals surface area contributed by atoms with E-state index in [1.54, 1.807) is 38.4 Å². The van der Waals surface area contributed by atoms with E-state index in [0.717, 1.165) is 12.5 Å². The van der Waals surface area contributed by atoms with Crippen LogP contribution in [0.3, 0.4) is 0 Å². The van der Waals surface area contributed by atoms with Crippen LogP contribution in [-0.2, 0) is 39.8 Å². The lowest BCUT2D eigenvalue weighted by atomic mass is 9.77. The van der Waals surface area contributed by atoms with Gasteiger partial charge in [-0.1, -0.05) is 31.2 Å². The Kier molecular flexibility index (Phi) is 14.1. The molecule has 3 aliphatic rings. The van der Waals surface area contributed by atoms with Crippen LogP contribution in [0.25, 0.3) is 11.3 Å². The summed E-state index contributed by atoms with van der Waals surface area (Å²) in [7, 11) is 1.31. The third-order valence-electron chi connectivity index (χ3n) is 12.2. The Balaban J connectivity index is 1.42. The Morgan fingerprint density at radius 1 is 1.08 bits per heavy atom. The van der Waals surface area contributed by atoms with Crippen molar-refractivity contribution < 1.29 is 52.0 Å². The number of fused-ring (bicyclic) bond motifs is 1. The van der Waals surface area contributed by atoms with Gasteiger partial charge in [0.05, 0.1) is 30.0 Å². The first-order valence-electron chi connectivity index (χ1n) is 20.5. The number of Topliss-reactive ketones (excluding diaryl/α,β-unsaturated/α-hetero) is 1. The Labute approximate surface area is 344 Å². The van der Waals surface area contributed by atoms with E-state index in [4.69, 9.17) is 35.2 Å². The number of benzene rings is 1. The fourth-order valence-corrected chi connectivity index (χ4v) is 8.99. The fourth-order valence-electron chi connectivity index (χ4n) is 8.99. The molecular weight excluding hydrogens is 772 g/mol. The van der Waals surface area contributed by atoms with Gasteiger partial charge in [0.25, 0.3) is 5.67 Å². The molecule has 0 aliphatic carbocycles. The molecule has 16 nitrogen and oxygen atoms in total. The number of carbonyl (C=O) groups is 3. The second kappa shape index (κ2) is 18.0. The minimum absolute atomic E-state index is 0.0811. The van der Waals surface area contributed by atoms with Gasteiger partial charge in [0.15, 0.2) is 17.7 Å². The Hall–Kier alpha value is -3.81. The number of rotatable bonds is 10. The molecule has 5 rings (SSSR count). The van der Waals surface area contributed by atoms with Crippen LogP contribution in [0.4, 0.5) is 19.3 Å². The minimum Gasteiger partial charge on any atom is -0.455 e. The summed E-state index contributed by atoms with van der Waals surface area (Å²) in [6.45, 7) is 12.2. The molecule has 1 aromatic carbocycles. The van der Waals surface area contributed by atoms with Crippen molar-refractivity contribution in [2.75, 3.05) is 25.9 Å². The number of ketones is 1. The number of nitrogens with two attached hydrogens (primary N) is 2. The maximum atomic E-state index is 17.0. The van der Waals surface area contributed by atoms with E-state index in [-0.39, 0.29) is 19.5 Å². The van der Waals surface area contributed by atoms with Gasteiger partial charge >= 0.3 is 12.1 Å². The molecule has 3 aliphatic heterocycles. The fraction of sp³-hybridized carbons (Fsp3) is 0.732. The smallest absolute Gasteiger partial charge is 0.410 e. The highest BCUT2D eigenvalue weighted by Gasteiger charge is 2.60. The van der Waals surface area contributed by atoms with Crippen LogP contribution < -0.4 is 16.8 Å². The lowest BCUT2D eigenvalue weighted by molar-refractivity contribution is -0.290. The molecule has 4 heterocycles. The zero-order valence-electron chi connectivity index (χ0n) is 35.7. The maximum Gasteiger partial charge on any atom is 0.410 e. The summed E-state index contributed by atoms with van der Waals surface area (Å²) >= 11 is 0. The Bertz CT molecular complexity index is 1800. The molecule has 0 saturated carbocycles. The van der Waals surface area contributed by atoms with Crippen molar-refractivity contribution in [3.05, 3.63) is 30.5 Å². The van der Waals surface area contributed by atoms with Crippen LogP contribution in [0, 0.1) is 5.92 Å². The van der Waals surface area contributed by atoms with Gasteiger partial charge in [-0.2, -0.15) is 0 Å². The van der Waals surface area contributed by atoms with Gasteiger partial charge in [-0.25, -0.2) is 18.4 Å². The van der Waals surface area contributed by atoms with E-state index >= 15 is 8.78 Å². The van der Waals surface area contributed by atoms with Crippen LogP contribution >= 0.6 is 0 Å². The molecule has 59 heavy (non-hydrogen) atoms. The number of amides is 1. The third kappa shape index (κ3) is 9.89. The monoisotopic (exact) mass is 835 g/mol. The van der Waals surface area contributed by atoms with Crippen LogP contribution in [0.5, 0.6) is 0 Å². The predicted molar refractivity (Wildman–Crippen MR) is 213 cm³/mol. The Morgan fingerprint density at radius 2 is 1.78 bits per heavy atom. The molecule has 13 atom stereocenters. The van der Waals surface area contributed by atoms with E-state index in [0.29, 0.717) is 37.2 Å².